The van der Waals surface area contributed by atoms with Crippen LogP contribution in [-0.4, -0.2) is 5.91 Å². The van der Waals surface area contributed by atoms with Crippen molar-refractivity contribution in [3.05, 3.63) is 63.4 Å². The topological polar surface area (TPSA) is 55.1 Å². The fraction of sp³-hybridized carbons (Fsp3) is 0.133. The lowest BCUT2D eigenvalue weighted by molar-refractivity contribution is 0.0951. The number of hydrogen-bond donors (Lipinski definition) is 2. The number of carbonyl (C=O) groups excluding carboxylic acids is 1. The Labute approximate surface area is 125 Å². The Morgan fingerprint density at radius 3 is 2.80 bits per heavy atom. The largest absolute Gasteiger partial charge is 0.398 e. The number of anilines is 1. The second kappa shape index (κ2) is 6.05. The van der Waals surface area contributed by atoms with Crippen LogP contribution in [0.5, 0.6) is 0 Å². The molecular formula is C15H14BrFN2O. The molecule has 2 rings (SSSR count). The molecule has 3 nitrogen and oxygen atoms in total. The van der Waals surface area contributed by atoms with E-state index in [1.807, 2.05) is 13.0 Å². The van der Waals surface area contributed by atoms with Crippen molar-refractivity contribution in [1.29, 1.82) is 0 Å². The number of halogens is 2. The molecule has 0 spiro atoms. The van der Waals surface area contributed by atoms with Gasteiger partial charge in [-0.2, -0.15) is 0 Å². The molecule has 0 saturated carbocycles. The molecule has 104 valence electrons. The summed E-state index contributed by atoms with van der Waals surface area (Å²) in [4.78, 5) is 12.2. The second-order valence-electron chi connectivity index (χ2n) is 4.46. The highest BCUT2D eigenvalue weighted by atomic mass is 79.9. The van der Waals surface area contributed by atoms with E-state index in [-0.39, 0.29) is 18.3 Å². The lowest BCUT2D eigenvalue weighted by Crippen LogP contribution is -2.25. The molecule has 0 heterocycles. The van der Waals surface area contributed by atoms with Gasteiger partial charge < -0.3 is 11.1 Å². The molecule has 0 aliphatic rings. The molecule has 0 aliphatic carbocycles. The summed E-state index contributed by atoms with van der Waals surface area (Å²) in [5.74, 6) is -0.607. The summed E-state index contributed by atoms with van der Waals surface area (Å²) >= 11 is 3.32. The van der Waals surface area contributed by atoms with E-state index in [1.54, 1.807) is 18.2 Å². The third kappa shape index (κ3) is 3.17. The monoisotopic (exact) mass is 336 g/mol. The van der Waals surface area contributed by atoms with Crippen LogP contribution < -0.4 is 11.1 Å². The van der Waals surface area contributed by atoms with Crippen molar-refractivity contribution in [2.75, 3.05) is 5.73 Å². The molecule has 0 bridgehead atoms. The molecule has 5 heteroatoms. The lowest BCUT2D eigenvalue weighted by Gasteiger charge is -2.11. The Balaban J connectivity index is 2.15. The van der Waals surface area contributed by atoms with E-state index in [2.05, 4.69) is 21.2 Å². The summed E-state index contributed by atoms with van der Waals surface area (Å²) < 4.78 is 13.9. The van der Waals surface area contributed by atoms with E-state index in [4.69, 9.17) is 5.73 Å². The summed E-state index contributed by atoms with van der Waals surface area (Å²) in [7, 11) is 0. The fourth-order valence-corrected chi connectivity index (χ4v) is 2.33. The number of amides is 1. The molecule has 2 aromatic rings. The van der Waals surface area contributed by atoms with Crippen LogP contribution in [0.4, 0.5) is 10.1 Å². The van der Waals surface area contributed by atoms with Crippen molar-refractivity contribution in [1.82, 2.24) is 5.32 Å². The number of carbonyl (C=O) groups is 1. The van der Waals surface area contributed by atoms with Crippen LogP contribution in [0.1, 0.15) is 21.5 Å². The van der Waals surface area contributed by atoms with Gasteiger partial charge in [0.05, 0.1) is 5.56 Å². The van der Waals surface area contributed by atoms with Crippen molar-refractivity contribution in [3.8, 4) is 0 Å². The maximum atomic E-state index is 13.2. The van der Waals surface area contributed by atoms with E-state index in [9.17, 15) is 9.18 Å². The lowest BCUT2D eigenvalue weighted by atomic mass is 10.1. The van der Waals surface area contributed by atoms with Gasteiger partial charge in [-0.3, -0.25) is 4.79 Å². The normalized spacial score (nSPS) is 10.3. The van der Waals surface area contributed by atoms with Gasteiger partial charge in [-0.25, -0.2) is 4.39 Å². The summed E-state index contributed by atoms with van der Waals surface area (Å²) in [5.41, 5.74) is 8.18. The van der Waals surface area contributed by atoms with Crippen molar-refractivity contribution in [3.63, 3.8) is 0 Å². The van der Waals surface area contributed by atoms with Gasteiger partial charge in [0.25, 0.3) is 5.91 Å². The Kier molecular flexibility index (Phi) is 4.39. The van der Waals surface area contributed by atoms with Crippen LogP contribution in [0.15, 0.2) is 40.9 Å². The summed E-state index contributed by atoms with van der Waals surface area (Å²) in [5, 5.41) is 2.75. The Morgan fingerprint density at radius 2 is 2.10 bits per heavy atom. The van der Waals surface area contributed by atoms with Crippen molar-refractivity contribution in [2.45, 2.75) is 13.5 Å². The van der Waals surface area contributed by atoms with Crippen molar-refractivity contribution >= 4 is 27.5 Å². The summed E-state index contributed by atoms with van der Waals surface area (Å²) in [6, 6.07) is 9.65. The average molecular weight is 337 g/mol. The Hall–Kier alpha value is -1.88. The number of nitrogen functional groups attached to an aromatic ring is 1. The van der Waals surface area contributed by atoms with E-state index in [1.165, 1.54) is 12.1 Å². The maximum absolute atomic E-state index is 13.2. The van der Waals surface area contributed by atoms with Gasteiger partial charge in [-0.05, 0) is 42.3 Å². The van der Waals surface area contributed by atoms with Gasteiger partial charge >= 0.3 is 0 Å². The SMILES string of the molecule is Cc1cccc(N)c1C(=O)NCc1cc(F)ccc1Br. The Bertz CT molecular complexity index is 638. The van der Waals surface area contributed by atoms with Gasteiger partial charge in [-0.15, -0.1) is 0 Å². The number of aryl methyl sites for hydroxylation is 1. The third-order valence-electron chi connectivity index (χ3n) is 2.98. The third-order valence-corrected chi connectivity index (χ3v) is 3.75. The zero-order chi connectivity index (χ0) is 14.7. The zero-order valence-electron chi connectivity index (χ0n) is 10.9. The minimum atomic E-state index is -0.340. The fourth-order valence-electron chi connectivity index (χ4n) is 1.94. The van der Waals surface area contributed by atoms with Gasteiger partial charge in [0, 0.05) is 16.7 Å². The molecule has 0 aliphatic heterocycles. The minimum Gasteiger partial charge on any atom is -0.398 e. The molecule has 2 aromatic carbocycles. The van der Waals surface area contributed by atoms with Crippen LogP contribution in [-0.2, 0) is 6.54 Å². The number of nitrogens with one attached hydrogen (secondary N) is 1. The van der Waals surface area contributed by atoms with Crippen LogP contribution >= 0.6 is 15.9 Å². The van der Waals surface area contributed by atoms with E-state index in [0.29, 0.717) is 16.8 Å². The highest BCUT2D eigenvalue weighted by molar-refractivity contribution is 9.10. The predicted octanol–water partition coefficient (Wildman–Crippen LogP) is 3.41. The van der Waals surface area contributed by atoms with Crippen molar-refractivity contribution < 1.29 is 9.18 Å². The van der Waals surface area contributed by atoms with E-state index >= 15 is 0 Å². The standard InChI is InChI=1S/C15H14BrFN2O/c1-9-3-2-4-13(18)14(9)15(20)19-8-10-7-11(17)5-6-12(10)16/h2-7H,8,18H2,1H3,(H,19,20). The zero-order valence-corrected chi connectivity index (χ0v) is 12.5. The summed E-state index contributed by atoms with van der Waals surface area (Å²) in [6.45, 7) is 2.05. The number of nitrogens with two attached hydrogens (primary N) is 1. The van der Waals surface area contributed by atoms with Crippen LogP contribution in [0, 0.1) is 12.7 Å². The van der Waals surface area contributed by atoms with Crippen LogP contribution in [0.2, 0.25) is 0 Å². The first-order valence-electron chi connectivity index (χ1n) is 6.06. The highest BCUT2D eigenvalue weighted by Gasteiger charge is 2.12. The molecule has 0 unspecified atom stereocenters. The molecule has 0 radical (unpaired) electrons. The molecule has 0 aromatic heterocycles. The van der Waals surface area contributed by atoms with Crippen molar-refractivity contribution in [2.24, 2.45) is 0 Å². The smallest absolute Gasteiger partial charge is 0.253 e. The number of rotatable bonds is 3. The minimum absolute atomic E-state index is 0.227. The van der Waals surface area contributed by atoms with E-state index < -0.39 is 0 Å². The van der Waals surface area contributed by atoms with Crippen LogP contribution in [0.25, 0.3) is 0 Å². The van der Waals surface area contributed by atoms with E-state index in [0.717, 1.165) is 10.0 Å². The molecule has 0 saturated heterocycles. The van der Waals surface area contributed by atoms with Gasteiger partial charge in [0.1, 0.15) is 5.82 Å². The number of hydrogen-bond acceptors (Lipinski definition) is 2. The molecule has 3 N–H and O–H groups in total. The molecular weight excluding hydrogens is 323 g/mol. The first-order valence-corrected chi connectivity index (χ1v) is 6.85. The van der Waals surface area contributed by atoms with Gasteiger partial charge in [-0.1, -0.05) is 28.1 Å². The first kappa shape index (κ1) is 14.5. The van der Waals surface area contributed by atoms with Gasteiger partial charge in [0.15, 0.2) is 0 Å². The number of benzene rings is 2. The summed E-state index contributed by atoms with van der Waals surface area (Å²) in [6.07, 6.45) is 0. The molecule has 0 atom stereocenters. The van der Waals surface area contributed by atoms with Crippen LogP contribution in [0.3, 0.4) is 0 Å². The predicted molar refractivity (Wildman–Crippen MR) is 80.9 cm³/mol. The molecule has 1 amide bonds. The van der Waals surface area contributed by atoms with Gasteiger partial charge in [0.2, 0.25) is 0 Å². The molecule has 0 fully saturated rings. The average Bonchev–Trinajstić information content (AvgIpc) is 2.39. The highest BCUT2D eigenvalue weighted by Crippen LogP contribution is 2.19. The quantitative estimate of drug-likeness (QED) is 0.844. The second-order valence-corrected chi connectivity index (χ2v) is 5.31. The maximum Gasteiger partial charge on any atom is 0.253 e. The molecule has 20 heavy (non-hydrogen) atoms. The first-order chi connectivity index (χ1) is 9.49. The Morgan fingerprint density at radius 1 is 1.35 bits per heavy atom.